The minimum absolute atomic E-state index is 1.04. The second kappa shape index (κ2) is 5.60. The second-order valence-electron chi connectivity index (χ2n) is 6.67. The van der Waals surface area contributed by atoms with Gasteiger partial charge in [0.05, 0.1) is 0 Å². The molecule has 25 heavy (non-hydrogen) atoms. The maximum Gasteiger partial charge on any atom is 0.0218 e. The molecule has 0 aromatic heterocycles. The van der Waals surface area contributed by atoms with E-state index in [4.69, 9.17) is 0 Å². The van der Waals surface area contributed by atoms with Gasteiger partial charge in [-0.25, -0.2) is 0 Å². The first-order chi connectivity index (χ1) is 12.4. The van der Waals surface area contributed by atoms with Gasteiger partial charge in [0.2, 0.25) is 0 Å². The Morgan fingerprint density at radius 2 is 1.40 bits per heavy atom. The molecule has 0 fully saturated rings. The van der Waals surface area contributed by atoms with Crippen molar-refractivity contribution in [2.45, 2.75) is 13.3 Å². The summed E-state index contributed by atoms with van der Waals surface area (Å²) >= 11 is 0. The smallest absolute Gasteiger partial charge is 0.0218 e. The summed E-state index contributed by atoms with van der Waals surface area (Å²) in [5.74, 6) is 0. The fourth-order valence-electron chi connectivity index (χ4n) is 4.13. The molecule has 1 radical (unpaired) electrons. The minimum Gasteiger partial charge on any atom is -0.0619 e. The average Bonchev–Trinajstić information content (AvgIpc) is 3.05. The van der Waals surface area contributed by atoms with Crippen molar-refractivity contribution in [3.63, 3.8) is 0 Å². The van der Waals surface area contributed by atoms with Crippen LogP contribution in [0, 0.1) is 6.42 Å². The lowest BCUT2D eigenvalue weighted by Crippen LogP contribution is -1.95. The van der Waals surface area contributed by atoms with E-state index < -0.39 is 0 Å². The third kappa shape index (κ3) is 2.14. The molecule has 1 aliphatic rings. The van der Waals surface area contributed by atoms with Crippen molar-refractivity contribution >= 4 is 10.8 Å². The van der Waals surface area contributed by atoms with E-state index in [1.165, 1.54) is 49.7 Å². The van der Waals surface area contributed by atoms with Gasteiger partial charge in [-0.05, 0) is 56.1 Å². The molecular formula is C25H19. The predicted octanol–water partition coefficient (Wildman–Crippen LogP) is 6.65. The molecule has 0 amide bonds. The maximum absolute atomic E-state index is 2.36. The van der Waals surface area contributed by atoms with Crippen LogP contribution in [0.2, 0.25) is 0 Å². The molecule has 0 spiro atoms. The molecule has 0 N–H and O–H groups in total. The van der Waals surface area contributed by atoms with Gasteiger partial charge >= 0.3 is 0 Å². The topological polar surface area (TPSA) is 0 Å². The standard InChI is InChI=1S/C25H19/c1-2-17-14-15-22-21-12-6-4-9-19(21)16-24(22)25(17)23-13-7-10-18-8-3-5-11-20(18)23/h3-16H,2H2,1H3. The lowest BCUT2D eigenvalue weighted by molar-refractivity contribution is 1.14. The fourth-order valence-corrected chi connectivity index (χ4v) is 4.13. The van der Waals surface area contributed by atoms with E-state index in [1.54, 1.807) is 0 Å². The SMILES string of the molecule is CCc1ccc2c(c1-c1cccc3ccccc13)[CH]c1ccccc1-2. The third-order valence-corrected chi connectivity index (χ3v) is 5.32. The van der Waals surface area contributed by atoms with Crippen LogP contribution in [0.3, 0.4) is 0 Å². The number of aryl methyl sites for hydroxylation is 1. The normalized spacial score (nSPS) is 12.2. The molecule has 0 heteroatoms. The monoisotopic (exact) mass is 319 g/mol. The summed E-state index contributed by atoms with van der Waals surface area (Å²) < 4.78 is 0. The molecule has 5 rings (SSSR count). The number of fused-ring (bicyclic) bond motifs is 4. The van der Waals surface area contributed by atoms with Crippen LogP contribution < -0.4 is 0 Å². The van der Waals surface area contributed by atoms with Gasteiger partial charge in [0, 0.05) is 6.42 Å². The Kier molecular flexibility index (Phi) is 3.24. The molecule has 0 saturated heterocycles. The zero-order chi connectivity index (χ0) is 16.8. The lowest BCUT2D eigenvalue weighted by atomic mass is 9.87. The summed E-state index contributed by atoms with van der Waals surface area (Å²) in [7, 11) is 0. The molecule has 0 nitrogen and oxygen atoms in total. The summed E-state index contributed by atoms with van der Waals surface area (Å²) in [5, 5.41) is 2.63. The van der Waals surface area contributed by atoms with Gasteiger partial charge in [0.15, 0.2) is 0 Å². The third-order valence-electron chi connectivity index (χ3n) is 5.32. The summed E-state index contributed by atoms with van der Waals surface area (Å²) in [4.78, 5) is 0. The van der Waals surface area contributed by atoms with E-state index in [1.807, 2.05) is 0 Å². The second-order valence-corrected chi connectivity index (χ2v) is 6.67. The van der Waals surface area contributed by atoms with E-state index in [9.17, 15) is 0 Å². The maximum atomic E-state index is 2.36. The van der Waals surface area contributed by atoms with Gasteiger partial charge in [0.1, 0.15) is 0 Å². The van der Waals surface area contributed by atoms with Crippen LogP contribution in [0.4, 0.5) is 0 Å². The highest BCUT2D eigenvalue weighted by atomic mass is 14.3. The van der Waals surface area contributed by atoms with E-state index in [0.29, 0.717) is 0 Å². The summed E-state index contributed by atoms with van der Waals surface area (Å²) in [6.45, 7) is 2.25. The van der Waals surface area contributed by atoms with Crippen molar-refractivity contribution < 1.29 is 0 Å². The Labute approximate surface area is 148 Å². The van der Waals surface area contributed by atoms with Crippen LogP contribution in [0.1, 0.15) is 23.6 Å². The average molecular weight is 319 g/mol. The Hall–Kier alpha value is -2.86. The van der Waals surface area contributed by atoms with Crippen molar-refractivity contribution in [2.24, 2.45) is 0 Å². The van der Waals surface area contributed by atoms with Gasteiger partial charge in [-0.3, -0.25) is 0 Å². The van der Waals surface area contributed by atoms with Crippen LogP contribution in [0.5, 0.6) is 0 Å². The van der Waals surface area contributed by atoms with Crippen LogP contribution in [-0.2, 0) is 6.42 Å². The molecule has 4 aromatic carbocycles. The molecule has 0 heterocycles. The van der Waals surface area contributed by atoms with Gasteiger partial charge in [-0.2, -0.15) is 0 Å². The Bertz CT molecular complexity index is 1100. The summed E-state index contributed by atoms with van der Waals surface area (Å²) in [5.41, 5.74) is 9.56. The molecule has 4 aromatic rings. The van der Waals surface area contributed by atoms with E-state index in [0.717, 1.165) is 6.42 Å². The zero-order valence-corrected chi connectivity index (χ0v) is 14.3. The molecule has 0 saturated carbocycles. The van der Waals surface area contributed by atoms with Crippen molar-refractivity contribution in [3.8, 4) is 22.3 Å². The highest BCUT2D eigenvalue weighted by molar-refractivity contribution is 6.01. The minimum atomic E-state index is 1.04. The van der Waals surface area contributed by atoms with Crippen LogP contribution in [0.25, 0.3) is 33.0 Å². The quantitative estimate of drug-likeness (QED) is 0.342. The summed E-state index contributed by atoms with van der Waals surface area (Å²) in [6, 6.07) is 28.7. The van der Waals surface area contributed by atoms with Crippen LogP contribution in [-0.4, -0.2) is 0 Å². The first-order valence-corrected chi connectivity index (χ1v) is 8.95. The molecule has 0 aliphatic heterocycles. The fraction of sp³-hybridized carbons (Fsp3) is 0.0800. The zero-order valence-electron chi connectivity index (χ0n) is 14.3. The summed E-state index contributed by atoms with van der Waals surface area (Å²) in [6.07, 6.45) is 3.40. The van der Waals surface area contributed by atoms with Gasteiger partial charge in [-0.15, -0.1) is 0 Å². The van der Waals surface area contributed by atoms with E-state index in [-0.39, 0.29) is 0 Å². The highest BCUT2D eigenvalue weighted by Gasteiger charge is 2.24. The highest BCUT2D eigenvalue weighted by Crippen LogP contribution is 2.45. The van der Waals surface area contributed by atoms with Crippen molar-refractivity contribution in [1.29, 1.82) is 0 Å². The Balaban J connectivity index is 1.85. The van der Waals surface area contributed by atoms with E-state index >= 15 is 0 Å². The van der Waals surface area contributed by atoms with E-state index in [2.05, 4.69) is 92.2 Å². The van der Waals surface area contributed by atoms with Crippen molar-refractivity contribution in [3.05, 3.63) is 102 Å². The van der Waals surface area contributed by atoms with Crippen molar-refractivity contribution in [2.75, 3.05) is 0 Å². The first kappa shape index (κ1) is 14.5. The molecule has 0 unspecified atom stereocenters. The largest absolute Gasteiger partial charge is 0.0619 e. The first-order valence-electron chi connectivity index (χ1n) is 8.95. The van der Waals surface area contributed by atoms with Crippen LogP contribution in [0.15, 0.2) is 78.9 Å². The molecule has 119 valence electrons. The predicted molar refractivity (Wildman–Crippen MR) is 107 cm³/mol. The molecular weight excluding hydrogens is 300 g/mol. The lowest BCUT2D eigenvalue weighted by Gasteiger charge is -2.16. The van der Waals surface area contributed by atoms with Crippen LogP contribution >= 0.6 is 0 Å². The Morgan fingerprint density at radius 3 is 2.32 bits per heavy atom. The molecule has 0 bridgehead atoms. The molecule has 1 aliphatic carbocycles. The number of benzene rings is 4. The van der Waals surface area contributed by atoms with Gasteiger partial charge in [-0.1, -0.05) is 85.8 Å². The Morgan fingerprint density at radius 1 is 0.640 bits per heavy atom. The number of hydrogen-bond donors (Lipinski definition) is 0. The van der Waals surface area contributed by atoms with Gasteiger partial charge < -0.3 is 0 Å². The van der Waals surface area contributed by atoms with Crippen molar-refractivity contribution in [1.82, 2.24) is 0 Å². The molecule has 0 atom stereocenters. The number of rotatable bonds is 2. The number of hydrogen-bond acceptors (Lipinski definition) is 0. The van der Waals surface area contributed by atoms with Gasteiger partial charge in [0.25, 0.3) is 0 Å².